The van der Waals surface area contributed by atoms with Crippen LogP contribution in [0.3, 0.4) is 0 Å². The predicted octanol–water partition coefficient (Wildman–Crippen LogP) is 6.56. The molecule has 0 N–H and O–H groups in total. The van der Waals surface area contributed by atoms with E-state index in [1.165, 1.54) is 28.4 Å². The van der Waals surface area contributed by atoms with Crippen molar-refractivity contribution in [2.24, 2.45) is 4.99 Å². The number of fused-ring (bicyclic) bond motifs is 1. The highest BCUT2D eigenvalue weighted by atomic mass is 35.5. The number of aliphatic imine (C=N–C) groups is 1. The SMILES string of the molecule is O=C(C=Cc1ccccc1)C=C1N=C(c2ccccc2)N(c2nc3c(Cl)cc(Cl)cc3s2)C1=O. The van der Waals surface area contributed by atoms with E-state index in [0.29, 0.717) is 26.5 Å². The van der Waals surface area contributed by atoms with Gasteiger partial charge in [-0.15, -0.1) is 0 Å². The minimum atomic E-state index is -0.443. The largest absolute Gasteiger partial charge is 0.290 e. The van der Waals surface area contributed by atoms with Crippen molar-refractivity contribution >= 4 is 73.5 Å². The molecule has 0 radical (unpaired) electrons. The average molecular weight is 504 g/mol. The lowest BCUT2D eigenvalue weighted by Gasteiger charge is -2.14. The summed E-state index contributed by atoms with van der Waals surface area (Å²) in [5.74, 6) is -0.399. The molecule has 34 heavy (non-hydrogen) atoms. The van der Waals surface area contributed by atoms with Crippen LogP contribution in [0.2, 0.25) is 10.0 Å². The van der Waals surface area contributed by atoms with E-state index in [0.717, 1.165) is 15.8 Å². The van der Waals surface area contributed by atoms with Crippen molar-refractivity contribution in [3.05, 3.63) is 112 Å². The number of amides is 1. The van der Waals surface area contributed by atoms with Crippen LogP contribution in [0.15, 0.2) is 95.6 Å². The summed E-state index contributed by atoms with van der Waals surface area (Å²) in [6.07, 6.45) is 4.34. The highest BCUT2D eigenvalue weighted by molar-refractivity contribution is 7.22. The number of amidine groups is 1. The van der Waals surface area contributed by atoms with Crippen molar-refractivity contribution in [1.82, 2.24) is 4.98 Å². The molecule has 166 valence electrons. The van der Waals surface area contributed by atoms with E-state index in [1.807, 2.05) is 60.7 Å². The quantitative estimate of drug-likeness (QED) is 0.289. The Labute approximate surface area is 209 Å². The third kappa shape index (κ3) is 4.43. The maximum Gasteiger partial charge on any atom is 0.284 e. The van der Waals surface area contributed by atoms with E-state index in [-0.39, 0.29) is 11.5 Å². The molecule has 0 saturated heterocycles. The number of carbonyl (C=O) groups is 2. The number of rotatable bonds is 5. The van der Waals surface area contributed by atoms with Gasteiger partial charge in [-0.25, -0.2) is 14.9 Å². The lowest BCUT2D eigenvalue weighted by molar-refractivity contribution is -0.115. The summed E-state index contributed by atoms with van der Waals surface area (Å²) in [6, 6.07) is 22.1. The van der Waals surface area contributed by atoms with Crippen LogP contribution >= 0.6 is 34.5 Å². The van der Waals surface area contributed by atoms with Crippen LogP contribution in [-0.4, -0.2) is 22.5 Å². The van der Waals surface area contributed by atoms with Gasteiger partial charge in [-0.1, -0.05) is 101 Å². The van der Waals surface area contributed by atoms with E-state index in [4.69, 9.17) is 23.2 Å². The van der Waals surface area contributed by atoms with Gasteiger partial charge in [0.15, 0.2) is 10.9 Å². The Hall–Kier alpha value is -3.58. The Morgan fingerprint density at radius 3 is 2.41 bits per heavy atom. The van der Waals surface area contributed by atoms with Crippen molar-refractivity contribution in [3.63, 3.8) is 0 Å². The summed E-state index contributed by atoms with van der Waals surface area (Å²) in [7, 11) is 0. The minimum absolute atomic E-state index is 0.0324. The molecule has 0 spiro atoms. The Kier molecular flexibility index (Phi) is 6.11. The van der Waals surface area contributed by atoms with Gasteiger partial charge in [0, 0.05) is 16.7 Å². The van der Waals surface area contributed by atoms with E-state index in [9.17, 15) is 9.59 Å². The Bertz CT molecular complexity index is 1510. The van der Waals surface area contributed by atoms with Crippen LogP contribution < -0.4 is 4.90 Å². The Balaban J connectivity index is 1.54. The molecule has 1 aliphatic heterocycles. The molecule has 0 fully saturated rings. The minimum Gasteiger partial charge on any atom is -0.290 e. The normalized spacial score (nSPS) is 15.0. The maximum absolute atomic E-state index is 13.4. The van der Waals surface area contributed by atoms with Crippen LogP contribution in [0.1, 0.15) is 11.1 Å². The number of carbonyl (C=O) groups excluding carboxylic acids is 2. The number of ketones is 1. The first-order valence-corrected chi connectivity index (χ1v) is 11.8. The second-order valence-corrected chi connectivity index (χ2v) is 9.20. The average Bonchev–Trinajstić information content (AvgIpc) is 3.40. The summed E-state index contributed by atoms with van der Waals surface area (Å²) in [4.78, 5) is 36.5. The first-order chi connectivity index (χ1) is 16.5. The fourth-order valence-electron chi connectivity index (χ4n) is 3.44. The summed E-state index contributed by atoms with van der Waals surface area (Å²) < 4.78 is 0.743. The first kappa shape index (κ1) is 22.2. The van der Waals surface area contributed by atoms with Gasteiger partial charge in [0.1, 0.15) is 17.0 Å². The summed E-state index contributed by atoms with van der Waals surface area (Å²) in [6.45, 7) is 0. The fraction of sp³-hybridized carbons (Fsp3) is 0. The van der Waals surface area contributed by atoms with Crippen LogP contribution in [0.4, 0.5) is 5.13 Å². The van der Waals surface area contributed by atoms with Crippen molar-refractivity contribution in [2.75, 3.05) is 4.90 Å². The zero-order valence-electron chi connectivity index (χ0n) is 17.5. The van der Waals surface area contributed by atoms with Gasteiger partial charge in [0.05, 0.1) is 9.72 Å². The van der Waals surface area contributed by atoms with Gasteiger partial charge >= 0.3 is 0 Å². The Morgan fingerprint density at radius 1 is 0.971 bits per heavy atom. The molecule has 2 heterocycles. The number of allylic oxidation sites excluding steroid dienone is 2. The lowest BCUT2D eigenvalue weighted by atomic mass is 10.2. The van der Waals surface area contributed by atoms with Crippen LogP contribution in [0, 0.1) is 0 Å². The molecule has 0 unspecified atom stereocenters. The second-order valence-electron chi connectivity index (χ2n) is 7.35. The van der Waals surface area contributed by atoms with Crippen molar-refractivity contribution < 1.29 is 9.59 Å². The van der Waals surface area contributed by atoms with Gasteiger partial charge in [0.2, 0.25) is 0 Å². The number of thiazole rings is 1. The number of halogens is 2. The fourth-order valence-corrected chi connectivity index (χ4v) is 5.13. The van der Waals surface area contributed by atoms with Crippen LogP contribution in [0.5, 0.6) is 0 Å². The topological polar surface area (TPSA) is 62.6 Å². The third-order valence-corrected chi connectivity index (χ3v) is 6.50. The number of anilines is 1. The third-order valence-electron chi connectivity index (χ3n) is 5.00. The van der Waals surface area contributed by atoms with Crippen molar-refractivity contribution in [3.8, 4) is 0 Å². The zero-order chi connectivity index (χ0) is 23.7. The predicted molar refractivity (Wildman–Crippen MR) is 139 cm³/mol. The molecule has 0 bridgehead atoms. The summed E-state index contributed by atoms with van der Waals surface area (Å²) in [5.41, 5.74) is 2.18. The smallest absolute Gasteiger partial charge is 0.284 e. The molecule has 3 aromatic carbocycles. The molecule has 0 saturated carbocycles. The molecule has 1 aliphatic rings. The molecule has 0 aliphatic carbocycles. The molecule has 1 aromatic heterocycles. The lowest BCUT2D eigenvalue weighted by Crippen LogP contribution is -2.32. The molecular weight excluding hydrogens is 489 g/mol. The first-order valence-electron chi connectivity index (χ1n) is 10.2. The van der Waals surface area contributed by atoms with E-state index >= 15 is 0 Å². The van der Waals surface area contributed by atoms with Gasteiger partial charge < -0.3 is 0 Å². The van der Waals surface area contributed by atoms with E-state index in [2.05, 4.69) is 9.98 Å². The van der Waals surface area contributed by atoms with Gasteiger partial charge in [-0.3, -0.25) is 9.59 Å². The zero-order valence-corrected chi connectivity index (χ0v) is 19.8. The van der Waals surface area contributed by atoms with E-state index in [1.54, 1.807) is 18.2 Å². The molecule has 0 atom stereocenters. The molecular formula is C26H15Cl2N3O2S. The monoisotopic (exact) mass is 503 g/mol. The molecule has 8 heteroatoms. The standard InChI is InChI=1S/C26H15Cl2N3O2S/c27-18-13-20(28)23-22(14-18)34-26(30-23)31-24(17-9-5-2-6-10-17)29-21(25(31)33)15-19(32)12-11-16-7-3-1-4-8-16/h1-15H. The van der Waals surface area contributed by atoms with Gasteiger partial charge in [0.25, 0.3) is 5.91 Å². The summed E-state index contributed by atoms with van der Waals surface area (Å²) >= 11 is 13.7. The van der Waals surface area contributed by atoms with Crippen molar-refractivity contribution in [1.29, 1.82) is 0 Å². The molecule has 1 amide bonds. The second kappa shape index (κ2) is 9.35. The number of aromatic nitrogens is 1. The number of nitrogens with zero attached hydrogens (tertiary/aromatic N) is 3. The number of hydrogen-bond donors (Lipinski definition) is 0. The molecule has 4 aromatic rings. The molecule has 5 nitrogen and oxygen atoms in total. The van der Waals surface area contributed by atoms with Gasteiger partial charge in [-0.05, 0) is 23.8 Å². The highest BCUT2D eigenvalue weighted by Crippen LogP contribution is 2.37. The maximum atomic E-state index is 13.4. The van der Waals surface area contributed by atoms with Crippen molar-refractivity contribution in [2.45, 2.75) is 0 Å². The van der Waals surface area contributed by atoms with Crippen LogP contribution in [-0.2, 0) is 9.59 Å². The number of benzene rings is 3. The van der Waals surface area contributed by atoms with Crippen LogP contribution in [0.25, 0.3) is 16.3 Å². The Morgan fingerprint density at radius 2 is 1.68 bits per heavy atom. The van der Waals surface area contributed by atoms with Gasteiger partial charge in [-0.2, -0.15) is 0 Å². The summed E-state index contributed by atoms with van der Waals surface area (Å²) in [5, 5.41) is 1.27. The number of hydrogen-bond acceptors (Lipinski definition) is 5. The molecule has 5 rings (SSSR count). The highest BCUT2D eigenvalue weighted by Gasteiger charge is 2.35. The van der Waals surface area contributed by atoms with E-state index < -0.39 is 5.91 Å².